The highest BCUT2D eigenvalue weighted by Crippen LogP contribution is 2.55. The first-order valence-corrected chi connectivity index (χ1v) is 14.3. The summed E-state index contributed by atoms with van der Waals surface area (Å²) in [7, 11) is 0. The molecule has 3 aliphatic carbocycles. The summed E-state index contributed by atoms with van der Waals surface area (Å²) in [6, 6.07) is 5.92. The van der Waals surface area contributed by atoms with Gasteiger partial charge in [0.05, 0.1) is 6.04 Å². The van der Waals surface area contributed by atoms with Gasteiger partial charge in [-0.25, -0.2) is 0 Å². The van der Waals surface area contributed by atoms with Gasteiger partial charge in [0.2, 0.25) is 11.7 Å². The van der Waals surface area contributed by atoms with Crippen LogP contribution in [0, 0.1) is 18.3 Å². The number of nitrogens with zero attached hydrogens (tertiary/aromatic N) is 1. The number of H-pyrrole nitrogens is 1. The molecule has 0 bridgehead atoms. The smallest absolute Gasteiger partial charge is 0.289 e. The first-order valence-electron chi connectivity index (χ1n) is 14.3. The first-order chi connectivity index (χ1) is 18.7. The van der Waals surface area contributed by atoms with Crippen LogP contribution in [0.2, 0.25) is 0 Å². The zero-order valence-corrected chi connectivity index (χ0v) is 22.4. The summed E-state index contributed by atoms with van der Waals surface area (Å²) in [4.78, 5) is 70.6. The van der Waals surface area contributed by atoms with E-state index in [0.29, 0.717) is 31.5 Å². The van der Waals surface area contributed by atoms with Crippen molar-refractivity contribution in [2.24, 2.45) is 11.3 Å². The fourth-order valence-corrected chi connectivity index (χ4v) is 6.33. The molecule has 2 aromatic rings. The lowest BCUT2D eigenvalue weighted by molar-refractivity contribution is -0.141. The van der Waals surface area contributed by atoms with Crippen LogP contribution in [0.15, 0.2) is 24.3 Å². The van der Waals surface area contributed by atoms with Crippen LogP contribution in [0.25, 0.3) is 10.9 Å². The van der Waals surface area contributed by atoms with Gasteiger partial charge in [0.15, 0.2) is 0 Å². The number of ketones is 2. The Bertz CT molecular complexity index is 1350. The Labute approximate surface area is 227 Å². The minimum absolute atomic E-state index is 0.00666. The number of aromatic amines is 1. The number of Topliss-reactive ketones (excluding diaryl/α,β-unsaturated/α-hetero) is 2. The Morgan fingerprint density at radius 3 is 2.59 bits per heavy atom. The number of amides is 3. The average Bonchev–Trinajstić information content (AvgIpc) is 3.80. The SMILES string of the molecule is Cc1ccc2[nH]c(C(=O)N3CCC4(CC4)CC3C(=O)NC(CC3CCCC3=O)C(=O)C(=O)NC3CC3)cc2c1. The highest BCUT2D eigenvalue weighted by atomic mass is 16.2. The number of fused-ring (bicyclic) bond motifs is 1. The van der Waals surface area contributed by atoms with E-state index in [2.05, 4.69) is 15.6 Å². The van der Waals surface area contributed by atoms with Crippen molar-refractivity contribution >= 4 is 40.2 Å². The highest BCUT2D eigenvalue weighted by Gasteiger charge is 2.51. The summed E-state index contributed by atoms with van der Waals surface area (Å²) >= 11 is 0. The van der Waals surface area contributed by atoms with Crippen molar-refractivity contribution in [2.45, 2.75) is 89.3 Å². The maximum Gasteiger partial charge on any atom is 0.289 e. The quantitative estimate of drug-likeness (QED) is 0.451. The molecule has 9 nitrogen and oxygen atoms in total. The Morgan fingerprint density at radius 1 is 1.10 bits per heavy atom. The maximum absolute atomic E-state index is 13.8. The lowest BCUT2D eigenvalue weighted by Crippen LogP contribution is -2.58. The van der Waals surface area contributed by atoms with Gasteiger partial charge in [-0.15, -0.1) is 0 Å². The van der Waals surface area contributed by atoms with E-state index in [0.717, 1.165) is 55.0 Å². The molecule has 1 aliphatic heterocycles. The summed E-state index contributed by atoms with van der Waals surface area (Å²) in [6.45, 7) is 2.45. The number of benzene rings is 1. The van der Waals surface area contributed by atoms with Gasteiger partial charge in [0, 0.05) is 35.8 Å². The molecule has 2 heterocycles. The molecule has 3 amide bonds. The topological polar surface area (TPSA) is 128 Å². The molecule has 4 aliphatic rings. The molecule has 3 unspecified atom stereocenters. The third-order valence-corrected chi connectivity index (χ3v) is 9.13. The molecule has 1 aromatic heterocycles. The van der Waals surface area contributed by atoms with Crippen molar-refractivity contribution in [3.8, 4) is 0 Å². The Kier molecular flexibility index (Phi) is 6.55. The molecule has 3 atom stereocenters. The van der Waals surface area contributed by atoms with E-state index in [1.165, 1.54) is 0 Å². The van der Waals surface area contributed by atoms with Crippen molar-refractivity contribution < 1.29 is 24.0 Å². The summed E-state index contributed by atoms with van der Waals surface area (Å²) < 4.78 is 0. The zero-order valence-electron chi connectivity index (χ0n) is 22.4. The van der Waals surface area contributed by atoms with Crippen molar-refractivity contribution in [1.29, 1.82) is 0 Å². The predicted molar refractivity (Wildman–Crippen MR) is 144 cm³/mol. The fourth-order valence-electron chi connectivity index (χ4n) is 6.33. The van der Waals surface area contributed by atoms with Gasteiger partial charge in [-0.1, -0.05) is 11.6 Å². The number of carbonyl (C=O) groups excluding carboxylic acids is 5. The molecule has 3 N–H and O–H groups in total. The van der Waals surface area contributed by atoms with E-state index in [4.69, 9.17) is 0 Å². The molecule has 1 saturated heterocycles. The van der Waals surface area contributed by atoms with E-state index < -0.39 is 29.7 Å². The minimum atomic E-state index is -1.09. The summed E-state index contributed by atoms with van der Waals surface area (Å²) in [5.74, 6) is -2.37. The highest BCUT2D eigenvalue weighted by molar-refractivity contribution is 6.38. The molecule has 39 heavy (non-hydrogen) atoms. The van der Waals surface area contributed by atoms with Crippen LogP contribution in [0.3, 0.4) is 0 Å². The Morgan fingerprint density at radius 2 is 1.90 bits per heavy atom. The van der Waals surface area contributed by atoms with E-state index in [9.17, 15) is 24.0 Å². The largest absolute Gasteiger partial charge is 0.351 e. The first kappa shape index (κ1) is 25.8. The second-order valence-electron chi connectivity index (χ2n) is 12.2. The lowest BCUT2D eigenvalue weighted by Gasteiger charge is -2.39. The summed E-state index contributed by atoms with van der Waals surface area (Å²) in [5, 5.41) is 6.49. The molecule has 3 saturated carbocycles. The van der Waals surface area contributed by atoms with Crippen molar-refractivity contribution in [3.05, 3.63) is 35.5 Å². The van der Waals surface area contributed by atoms with E-state index in [1.54, 1.807) is 4.90 Å². The monoisotopic (exact) mass is 532 g/mol. The molecular formula is C30H36N4O5. The van der Waals surface area contributed by atoms with Gasteiger partial charge < -0.3 is 20.5 Å². The van der Waals surface area contributed by atoms with Crippen LogP contribution < -0.4 is 10.6 Å². The lowest BCUT2D eigenvalue weighted by atomic mass is 9.86. The molecule has 1 spiro atoms. The molecule has 206 valence electrons. The molecule has 1 aromatic carbocycles. The van der Waals surface area contributed by atoms with Crippen molar-refractivity contribution in [3.63, 3.8) is 0 Å². The van der Waals surface area contributed by atoms with Crippen LogP contribution in [0.1, 0.15) is 80.3 Å². The van der Waals surface area contributed by atoms with E-state index in [1.807, 2.05) is 31.2 Å². The molecule has 0 radical (unpaired) electrons. The second-order valence-corrected chi connectivity index (χ2v) is 12.2. The van der Waals surface area contributed by atoms with Gasteiger partial charge in [0.1, 0.15) is 17.5 Å². The van der Waals surface area contributed by atoms with Gasteiger partial charge in [-0.3, -0.25) is 24.0 Å². The number of rotatable bonds is 8. The molecule has 9 heteroatoms. The zero-order chi connectivity index (χ0) is 27.3. The van der Waals surface area contributed by atoms with Gasteiger partial charge in [-0.05, 0) is 88.3 Å². The number of aryl methyl sites for hydroxylation is 1. The van der Waals surface area contributed by atoms with Gasteiger partial charge >= 0.3 is 0 Å². The Balaban J connectivity index is 1.23. The van der Waals surface area contributed by atoms with Crippen molar-refractivity contribution in [1.82, 2.24) is 20.5 Å². The standard InChI is InChI=1S/C30H36N4O5/c1-17-5-8-21-19(13-17)15-23(32-21)29(39)34-12-11-30(9-10-30)16-24(34)27(37)33-22(14-18-3-2-4-25(18)35)26(36)28(38)31-20-6-7-20/h5,8,13,15,18,20,22,24,32H,2-4,6-7,9-12,14,16H2,1H3,(H,31,38)(H,33,37). The predicted octanol–water partition coefficient (Wildman–Crippen LogP) is 2.95. The minimum Gasteiger partial charge on any atom is -0.351 e. The van der Waals surface area contributed by atoms with Crippen LogP contribution in [0.4, 0.5) is 0 Å². The van der Waals surface area contributed by atoms with Crippen LogP contribution in [-0.4, -0.2) is 63.8 Å². The van der Waals surface area contributed by atoms with Gasteiger partial charge in [-0.2, -0.15) is 0 Å². The third-order valence-electron chi connectivity index (χ3n) is 9.13. The van der Waals surface area contributed by atoms with Crippen molar-refractivity contribution in [2.75, 3.05) is 6.54 Å². The number of hydrogen-bond acceptors (Lipinski definition) is 5. The summed E-state index contributed by atoms with van der Waals surface area (Å²) in [5.41, 5.74) is 2.43. The third kappa shape index (κ3) is 5.36. The number of piperidine rings is 1. The van der Waals surface area contributed by atoms with E-state index >= 15 is 0 Å². The average molecular weight is 533 g/mol. The number of aromatic nitrogens is 1. The second kappa shape index (κ2) is 9.92. The number of likely N-dealkylation sites (tertiary alicyclic amines) is 1. The van der Waals surface area contributed by atoms with Gasteiger partial charge in [0.25, 0.3) is 11.8 Å². The molecule has 6 rings (SSSR count). The van der Waals surface area contributed by atoms with E-state index in [-0.39, 0.29) is 35.5 Å². The number of hydrogen-bond donors (Lipinski definition) is 3. The summed E-state index contributed by atoms with van der Waals surface area (Å²) in [6.07, 6.45) is 7.08. The maximum atomic E-state index is 13.8. The fraction of sp³-hybridized carbons (Fsp3) is 0.567. The van der Waals surface area contributed by atoms with Crippen LogP contribution >= 0.6 is 0 Å². The molecule has 4 fully saturated rings. The number of carbonyl (C=O) groups is 5. The van der Waals surface area contributed by atoms with Crippen LogP contribution in [0.5, 0.6) is 0 Å². The number of nitrogens with one attached hydrogen (secondary N) is 3. The normalized spacial score (nSPS) is 24.5. The van der Waals surface area contributed by atoms with Crippen LogP contribution in [-0.2, 0) is 19.2 Å². The molecular weight excluding hydrogens is 496 g/mol. The Hall–Kier alpha value is -3.49.